The second kappa shape index (κ2) is 5.28. The molecule has 0 aliphatic heterocycles. The van der Waals surface area contributed by atoms with Crippen LogP contribution in [0, 0.1) is 0 Å². The quantitative estimate of drug-likeness (QED) is 0.733. The highest BCUT2D eigenvalue weighted by atomic mass is 32.1. The minimum Gasteiger partial charge on any atom is -0.293 e. The molecule has 0 aliphatic carbocycles. The summed E-state index contributed by atoms with van der Waals surface area (Å²) < 4.78 is 0. The highest BCUT2D eigenvalue weighted by Crippen LogP contribution is 2.25. The fourth-order valence-electron chi connectivity index (χ4n) is 1.81. The van der Waals surface area contributed by atoms with Gasteiger partial charge in [-0.15, -0.1) is 11.3 Å². The molecule has 0 bridgehead atoms. The summed E-state index contributed by atoms with van der Waals surface area (Å²) in [6, 6.07) is 14.0. The third-order valence-electron chi connectivity index (χ3n) is 2.95. The van der Waals surface area contributed by atoms with E-state index in [2.05, 4.69) is 13.0 Å². The molecular weight excluding hydrogens is 228 g/mol. The van der Waals surface area contributed by atoms with E-state index >= 15 is 0 Å². The number of aryl methyl sites for hydroxylation is 1. The van der Waals surface area contributed by atoms with Crippen molar-refractivity contribution in [2.24, 2.45) is 0 Å². The molecule has 0 fully saturated rings. The summed E-state index contributed by atoms with van der Waals surface area (Å²) in [7, 11) is 0. The van der Waals surface area contributed by atoms with Gasteiger partial charge >= 0.3 is 0 Å². The lowest BCUT2D eigenvalue weighted by Gasteiger charge is -2.08. The molecule has 1 nitrogen and oxygen atoms in total. The molecule has 2 rings (SSSR count). The molecule has 0 spiro atoms. The van der Waals surface area contributed by atoms with Crippen molar-refractivity contribution >= 4 is 17.1 Å². The van der Waals surface area contributed by atoms with E-state index in [1.807, 2.05) is 43.3 Å². The molecule has 0 N–H and O–H groups in total. The van der Waals surface area contributed by atoms with Crippen LogP contribution in [0.2, 0.25) is 0 Å². The third-order valence-corrected chi connectivity index (χ3v) is 4.19. The van der Waals surface area contributed by atoms with E-state index in [0.717, 1.165) is 16.9 Å². The van der Waals surface area contributed by atoms with Crippen LogP contribution in [-0.2, 0) is 6.42 Å². The molecule has 1 heterocycles. The molecule has 0 aliphatic rings. The number of hydrogen-bond acceptors (Lipinski definition) is 2. The number of hydrogen-bond donors (Lipinski definition) is 0. The predicted octanol–water partition coefficient (Wildman–Crippen LogP) is 4.30. The van der Waals surface area contributed by atoms with Crippen LogP contribution in [0.4, 0.5) is 0 Å². The lowest BCUT2D eigenvalue weighted by atomic mass is 9.96. The number of benzene rings is 1. The van der Waals surface area contributed by atoms with Crippen molar-refractivity contribution in [3.8, 4) is 0 Å². The average molecular weight is 244 g/mol. The number of Topliss-reactive ketones (excluding diaryl/α,β-unsaturated/α-hetero) is 1. The van der Waals surface area contributed by atoms with Gasteiger partial charge in [0.05, 0.1) is 4.88 Å². The first-order chi connectivity index (χ1) is 8.22. The van der Waals surface area contributed by atoms with Gasteiger partial charge in [-0.1, -0.05) is 44.2 Å². The zero-order chi connectivity index (χ0) is 12.3. The normalized spacial score (nSPS) is 12.4. The first kappa shape index (κ1) is 12.1. The highest BCUT2D eigenvalue weighted by Gasteiger charge is 2.18. The fraction of sp³-hybridized carbons (Fsp3) is 0.267. The van der Waals surface area contributed by atoms with Crippen LogP contribution >= 0.6 is 11.3 Å². The van der Waals surface area contributed by atoms with Crippen molar-refractivity contribution in [3.05, 3.63) is 57.8 Å². The van der Waals surface area contributed by atoms with Gasteiger partial charge in [-0.05, 0) is 24.1 Å². The summed E-state index contributed by atoms with van der Waals surface area (Å²) in [5.41, 5.74) is 1.09. The third kappa shape index (κ3) is 2.64. The lowest BCUT2D eigenvalue weighted by molar-refractivity contribution is 0.0970. The maximum Gasteiger partial charge on any atom is 0.179 e. The molecule has 2 aromatic rings. The van der Waals surface area contributed by atoms with Gasteiger partial charge in [0.2, 0.25) is 0 Å². The van der Waals surface area contributed by atoms with Gasteiger partial charge in [0, 0.05) is 10.8 Å². The van der Waals surface area contributed by atoms with Crippen molar-refractivity contribution < 1.29 is 4.79 Å². The second-order valence-corrected chi connectivity index (χ2v) is 5.28. The molecule has 0 amide bonds. The van der Waals surface area contributed by atoms with Crippen molar-refractivity contribution in [3.63, 3.8) is 0 Å². The first-order valence-electron chi connectivity index (χ1n) is 5.90. The molecule has 1 aromatic heterocycles. The Hall–Kier alpha value is -1.41. The molecule has 17 heavy (non-hydrogen) atoms. The monoisotopic (exact) mass is 244 g/mol. The van der Waals surface area contributed by atoms with Crippen molar-refractivity contribution in [2.45, 2.75) is 26.2 Å². The summed E-state index contributed by atoms with van der Waals surface area (Å²) in [5.74, 6) is 0.167. The van der Waals surface area contributed by atoms with Crippen LogP contribution in [0.1, 0.15) is 39.9 Å². The largest absolute Gasteiger partial charge is 0.293 e. The van der Waals surface area contributed by atoms with E-state index in [9.17, 15) is 4.79 Å². The second-order valence-electron chi connectivity index (χ2n) is 4.12. The van der Waals surface area contributed by atoms with Gasteiger partial charge in [-0.3, -0.25) is 4.79 Å². The summed E-state index contributed by atoms with van der Waals surface area (Å²) >= 11 is 1.61. The Morgan fingerprint density at radius 1 is 1.18 bits per heavy atom. The van der Waals surface area contributed by atoms with Crippen molar-refractivity contribution in [1.82, 2.24) is 0 Å². The standard InChI is InChI=1S/C15H16OS/c1-3-13-9-10-14(17-13)15(16)11(2)12-7-5-4-6-8-12/h4-11H,3H2,1-2H3. The van der Waals surface area contributed by atoms with E-state index in [0.29, 0.717) is 0 Å². The topological polar surface area (TPSA) is 17.1 Å². The molecule has 0 radical (unpaired) electrons. The predicted molar refractivity (Wildman–Crippen MR) is 72.9 cm³/mol. The maximum atomic E-state index is 12.3. The summed E-state index contributed by atoms with van der Waals surface area (Å²) in [4.78, 5) is 14.4. The number of thiophene rings is 1. The summed E-state index contributed by atoms with van der Waals surface area (Å²) in [6.45, 7) is 4.09. The Kier molecular flexibility index (Phi) is 3.75. The summed E-state index contributed by atoms with van der Waals surface area (Å²) in [6.07, 6.45) is 0.998. The van der Waals surface area contributed by atoms with E-state index in [1.165, 1.54) is 4.88 Å². The molecule has 1 atom stereocenters. The molecular formula is C15H16OS. The van der Waals surface area contributed by atoms with Gasteiger partial charge in [0.25, 0.3) is 0 Å². The van der Waals surface area contributed by atoms with Gasteiger partial charge in [0.1, 0.15) is 0 Å². The number of ketones is 1. The van der Waals surface area contributed by atoms with Crippen LogP contribution in [0.25, 0.3) is 0 Å². The van der Waals surface area contributed by atoms with Gasteiger partial charge in [0.15, 0.2) is 5.78 Å². The van der Waals surface area contributed by atoms with E-state index in [-0.39, 0.29) is 11.7 Å². The zero-order valence-corrected chi connectivity index (χ0v) is 11.0. The van der Waals surface area contributed by atoms with Crippen LogP contribution in [0.15, 0.2) is 42.5 Å². The zero-order valence-electron chi connectivity index (χ0n) is 10.1. The molecule has 1 unspecified atom stereocenters. The average Bonchev–Trinajstić information content (AvgIpc) is 2.87. The van der Waals surface area contributed by atoms with Gasteiger partial charge in [-0.25, -0.2) is 0 Å². The molecule has 0 saturated carbocycles. The smallest absolute Gasteiger partial charge is 0.179 e. The fourth-order valence-corrected chi connectivity index (χ4v) is 2.78. The van der Waals surface area contributed by atoms with Crippen molar-refractivity contribution in [1.29, 1.82) is 0 Å². The Morgan fingerprint density at radius 2 is 1.88 bits per heavy atom. The molecule has 0 saturated heterocycles. The minimum absolute atomic E-state index is 0.0560. The Labute approximate surface area is 106 Å². The van der Waals surface area contributed by atoms with E-state index < -0.39 is 0 Å². The molecule has 88 valence electrons. The van der Waals surface area contributed by atoms with Gasteiger partial charge in [-0.2, -0.15) is 0 Å². The molecule has 1 aromatic carbocycles. The van der Waals surface area contributed by atoms with Crippen LogP contribution < -0.4 is 0 Å². The summed E-state index contributed by atoms with van der Waals surface area (Å²) in [5, 5.41) is 0. The van der Waals surface area contributed by atoms with Crippen molar-refractivity contribution in [2.75, 3.05) is 0 Å². The Morgan fingerprint density at radius 3 is 2.47 bits per heavy atom. The Balaban J connectivity index is 2.20. The highest BCUT2D eigenvalue weighted by molar-refractivity contribution is 7.14. The Bertz CT molecular complexity index is 499. The minimum atomic E-state index is -0.0560. The SMILES string of the molecule is CCc1ccc(C(=O)C(C)c2ccccc2)s1. The van der Waals surface area contributed by atoms with E-state index in [4.69, 9.17) is 0 Å². The van der Waals surface area contributed by atoms with Crippen LogP contribution in [0.5, 0.6) is 0 Å². The first-order valence-corrected chi connectivity index (χ1v) is 6.72. The van der Waals surface area contributed by atoms with Crippen LogP contribution in [-0.4, -0.2) is 5.78 Å². The maximum absolute atomic E-state index is 12.3. The van der Waals surface area contributed by atoms with E-state index in [1.54, 1.807) is 11.3 Å². The van der Waals surface area contributed by atoms with Gasteiger partial charge < -0.3 is 0 Å². The van der Waals surface area contributed by atoms with Crippen LogP contribution in [0.3, 0.4) is 0 Å². The molecule has 2 heteroatoms. The lowest BCUT2D eigenvalue weighted by Crippen LogP contribution is -2.07. The number of rotatable bonds is 4. The number of carbonyl (C=O) groups is 1. The number of carbonyl (C=O) groups excluding carboxylic acids is 1.